The fourth-order valence-corrected chi connectivity index (χ4v) is 3.39. The third-order valence-electron chi connectivity index (χ3n) is 4.74. The summed E-state index contributed by atoms with van der Waals surface area (Å²) in [6.45, 7) is 5.38. The fraction of sp³-hybridized carbons (Fsp3) is 0.292. The molecule has 0 radical (unpaired) electrons. The minimum absolute atomic E-state index is 0.233. The van der Waals surface area contributed by atoms with E-state index in [2.05, 4.69) is 38.1 Å². The van der Waals surface area contributed by atoms with Gasteiger partial charge in [-0.05, 0) is 60.5 Å². The van der Waals surface area contributed by atoms with Crippen molar-refractivity contribution in [2.24, 2.45) is 7.05 Å². The van der Waals surface area contributed by atoms with Crippen LogP contribution in [0.5, 0.6) is 0 Å². The number of hydrogen-bond acceptors (Lipinski definition) is 0. The molecule has 3 rings (SSSR count). The molecular formula is C24H28N+. The van der Waals surface area contributed by atoms with Gasteiger partial charge < -0.3 is 0 Å². The first-order valence-electron chi connectivity index (χ1n) is 10.6. The van der Waals surface area contributed by atoms with E-state index < -0.39 is 12.7 Å². The molecule has 0 spiro atoms. The zero-order valence-corrected chi connectivity index (χ0v) is 15.6. The summed E-state index contributed by atoms with van der Waals surface area (Å²) in [5, 5.41) is 0. The van der Waals surface area contributed by atoms with E-state index in [1.165, 1.54) is 5.56 Å². The van der Waals surface area contributed by atoms with Crippen LogP contribution in [0.15, 0.2) is 54.7 Å². The van der Waals surface area contributed by atoms with Crippen LogP contribution < -0.4 is 4.57 Å². The third kappa shape index (κ3) is 3.37. The molecule has 3 aromatic rings. The van der Waals surface area contributed by atoms with Crippen LogP contribution in [-0.2, 0) is 7.05 Å². The number of pyridine rings is 1. The van der Waals surface area contributed by atoms with Gasteiger partial charge in [-0.1, -0.05) is 50.2 Å². The normalized spacial score (nSPS) is 14.4. The second-order valence-electron chi connectivity index (χ2n) is 6.95. The molecule has 0 aliphatic rings. The quantitative estimate of drug-likeness (QED) is 0.525. The average Bonchev–Trinajstić information content (AvgIpc) is 2.61. The molecule has 0 unspecified atom stereocenters. The maximum Gasteiger partial charge on any atom is 0.212 e. The van der Waals surface area contributed by atoms with Gasteiger partial charge in [0.1, 0.15) is 7.05 Å². The van der Waals surface area contributed by atoms with Gasteiger partial charge >= 0.3 is 0 Å². The van der Waals surface area contributed by atoms with Crippen LogP contribution in [-0.4, -0.2) is 0 Å². The van der Waals surface area contributed by atoms with E-state index in [-0.39, 0.29) is 5.56 Å². The number of rotatable bonds is 3. The molecule has 0 fully saturated rings. The van der Waals surface area contributed by atoms with Gasteiger partial charge in [0.05, 0.1) is 0 Å². The molecule has 0 bridgehead atoms. The van der Waals surface area contributed by atoms with Crippen molar-refractivity contribution < 1.29 is 10.1 Å². The van der Waals surface area contributed by atoms with E-state index in [0.29, 0.717) is 5.56 Å². The summed E-state index contributed by atoms with van der Waals surface area (Å²) < 4.78 is 34.2. The molecule has 0 atom stereocenters. The molecule has 2 aromatic carbocycles. The van der Waals surface area contributed by atoms with Gasteiger partial charge in [0.15, 0.2) is 6.20 Å². The number of aromatic nitrogens is 1. The minimum Gasteiger partial charge on any atom is -0.201 e. The molecule has 0 aliphatic heterocycles. The van der Waals surface area contributed by atoms with Gasteiger partial charge in [0, 0.05) is 22.7 Å². The van der Waals surface area contributed by atoms with Crippen molar-refractivity contribution in [3.05, 3.63) is 77.0 Å². The van der Waals surface area contributed by atoms with Gasteiger partial charge in [-0.25, -0.2) is 4.57 Å². The van der Waals surface area contributed by atoms with Crippen molar-refractivity contribution in [1.29, 1.82) is 0 Å². The highest BCUT2D eigenvalue weighted by molar-refractivity contribution is 5.75. The zero-order chi connectivity index (χ0) is 21.6. The van der Waals surface area contributed by atoms with Crippen molar-refractivity contribution >= 4 is 0 Å². The summed E-state index contributed by atoms with van der Waals surface area (Å²) in [4.78, 5) is 0. The number of hydrogen-bond donors (Lipinski definition) is 0. The summed E-state index contributed by atoms with van der Waals surface area (Å²) in [5.41, 5.74) is 7.33. The van der Waals surface area contributed by atoms with Gasteiger partial charge in [-0.2, -0.15) is 0 Å². The Hall–Kier alpha value is -2.41. The molecule has 1 nitrogen and oxygen atoms in total. The van der Waals surface area contributed by atoms with E-state index in [0.717, 1.165) is 27.9 Å². The molecule has 128 valence electrons. The summed E-state index contributed by atoms with van der Waals surface area (Å²) >= 11 is 0. The molecule has 0 saturated carbocycles. The molecule has 0 amide bonds. The predicted octanol–water partition coefficient (Wildman–Crippen LogP) is 5.89. The Morgan fingerprint density at radius 1 is 0.920 bits per heavy atom. The standard InChI is InChI=1S/C24H28N/c1-16(2)21-14-24(25(6)15-19(21)5)23-13-22(17(3)12-18(23)4)20-10-8-7-9-11-20/h7-16H,1-6H3/q+1/i5D3,16D. The summed E-state index contributed by atoms with van der Waals surface area (Å²) in [7, 11) is 1.87. The van der Waals surface area contributed by atoms with Crippen LogP contribution in [0.1, 0.15) is 47.5 Å². The molecule has 0 aliphatic carbocycles. The van der Waals surface area contributed by atoms with Crippen LogP contribution in [0.3, 0.4) is 0 Å². The first-order valence-corrected chi connectivity index (χ1v) is 8.61. The van der Waals surface area contributed by atoms with Gasteiger partial charge in [0.25, 0.3) is 0 Å². The lowest BCUT2D eigenvalue weighted by Gasteiger charge is -2.14. The van der Waals surface area contributed by atoms with Crippen molar-refractivity contribution in [1.82, 2.24) is 0 Å². The van der Waals surface area contributed by atoms with E-state index in [1.807, 2.05) is 35.9 Å². The molecule has 1 heteroatoms. The lowest BCUT2D eigenvalue weighted by atomic mass is 9.91. The topological polar surface area (TPSA) is 3.88 Å². The van der Waals surface area contributed by atoms with Gasteiger partial charge in [0.2, 0.25) is 5.69 Å². The monoisotopic (exact) mass is 334 g/mol. The highest BCUT2D eigenvalue weighted by Gasteiger charge is 2.18. The summed E-state index contributed by atoms with van der Waals surface area (Å²) in [5.74, 6) is -1.02. The van der Waals surface area contributed by atoms with Crippen LogP contribution in [0.25, 0.3) is 22.4 Å². The van der Waals surface area contributed by atoms with Crippen molar-refractivity contribution in [3.8, 4) is 22.4 Å². The Kier molecular flexibility index (Phi) is 3.52. The smallest absolute Gasteiger partial charge is 0.201 e. The second kappa shape index (κ2) is 6.84. The maximum absolute atomic E-state index is 8.53. The molecule has 25 heavy (non-hydrogen) atoms. The zero-order valence-electron chi connectivity index (χ0n) is 19.6. The summed E-state index contributed by atoms with van der Waals surface area (Å²) in [6.07, 6.45) is 1.66. The van der Waals surface area contributed by atoms with E-state index in [1.54, 1.807) is 20.0 Å². The van der Waals surface area contributed by atoms with E-state index >= 15 is 0 Å². The average molecular weight is 335 g/mol. The molecule has 1 aromatic heterocycles. The summed E-state index contributed by atoms with van der Waals surface area (Å²) in [6, 6.07) is 16.5. The van der Waals surface area contributed by atoms with E-state index in [4.69, 9.17) is 5.48 Å². The highest BCUT2D eigenvalue weighted by atomic mass is 14.9. The first kappa shape index (κ1) is 12.9. The molecule has 0 N–H and O–H groups in total. The lowest BCUT2D eigenvalue weighted by molar-refractivity contribution is -0.660. The van der Waals surface area contributed by atoms with Gasteiger partial charge in [-0.15, -0.1) is 0 Å². The Balaban J connectivity index is 2.29. The molecule has 0 saturated heterocycles. The van der Waals surface area contributed by atoms with E-state index in [9.17, 15) is 0 Å². The number of nitrogens with zero attached hydrogens (tertiary/aromatic N) is 1. The van der Waals surface area contributed by atoms with Crippen molar-refractivity contribution in [2.75, 3.05) is 0 Å². The molecular weight excluding hydrogens is 302 g/mol. The Labute approximate surface area is 157 Å². The first-order chi connectivity index (χ1) is 13.4. The Morgan fingerprint density at radius 3 is 2.24 bits per heavy atom. The Morgan fingerprint density at radius 2 is 1.60 bits per heavy atom. The van der Waals surface area contributed by atoms with Crippen molar-refractivity contribution in [2.45, 2.75) is 40.4 Å². The number of benzene rings is 2. The minimum atomic E-state index is -2.26. The van der Waals surface area contributed by atoms with Crippen LogP contribution in [0.4, 0.5) is 0 Å². The third-order valence-corrected chi connectivity index (χ3v) is 4.74. The highest BCUT2D eigenvalue weighted by Crippen LogP contribution is 2.32. The Bertz CT molecular complexity index is 1050. The van der Waals surface area contributed by atoms with Crippen LogP contribution in [0, 0.1) is 20.7 Å². The predicted molar refractivity (Wildman–Crippen MR) is 107 cm³/mol. The maximum atomic E-state index is 8.53. The van der Waals surface area contributed by atoms with Crippen molar-refractivity contribution in [3.63, 3.8) is 0 Å². The second-order valence-corrected chi connectivity index (χ2v) is 6.95. The van der Waals surface area contributed by atoms with Crippen LogP contribution >= 0.6 is 0 Å². The molecule has 1 heterocycles. The van der Waals surface area contributed by atoms with Crippen LogP contribution in [0.2, 0.25) is 0 Å². The fourth-order valence-electron chi connectivity index (χ4n) is 3.39. The largest absolute Gasteiger partial charge is 0.212 e. The number of aryl methyl sites for hydroxylation is 4. The lowest BCUT2D eigenvalue weighted by Crippen LogP contribution is -2.32. The SMILES string of the molecule is [2H]C([2H])([2H])c1c[n+](C)c(-c2cc(-c3ccccc3)c(C)cc2C)cc1C([2H])(C)C. The van der Waals surface area contributed by atoms with Gasteiger partial charge in [-0.3, -0.25) is 0 Å².